The summed E-state index contributed by atoms with van der Waals surface area (Å²) in [7, 11) is 0. The molecule has 0 N–H and O–H groups in total. The fraction of sp³-hybridized carbons (Fsp3) is 0.0476. The van der Waals surface area contributed by atoms with Gasteiger partial charge in [-0.15, -0.1) is 0 Å². The molecule has 0 aliphatic rings. The van der Waals surface area contributed by atoms with Crippen molar-refractivity contribution in [1.82, 2.24) is 9.55 Å². The molecule has 128 valence electrons. The Morgan fingerprint density at radius 2 is 1.58 bits per heavy atom. The van der Waals surface area contributed by atoms with Crippen molar-refractivity contribution in [2.45, 2.75) is 6.54 Å². The number of aromatic nitrogens is 2. The first-order chi connectivity index (χ1) is 12.6. The van der Waals surface area contributed by atoms with Crippen molar-refractivity contribution in [3.05, 3.63) is 99.0 Å². The van der Waals surface area contributed by atoms with Gasteiger partial charge in [-0.3, -0.25) is 9.36 Å². The van der Waals surface area contributed by atoms with Crippen molar-refractivity contribution in [3.63, 3.8) is 0 Å². The fourth-order valence-corrected chi connectivity index (χ4v) is 3.48. The molecule has 5 heteroatoms. The zero-order chi connectivity index (χ0) is 18.1. The Balaban J connectivity index is 1.67. The maximum Gasteiger partial charge on any atom is 0.261 e. The molecule has 4 aromatic rings. The lowest BCUT2D eigenvalue weighted by Gasteiger charge is -2.09. The van der Waals surface area contributed by atoms with Gasteiger partial charge < -0.3 is 0 Å². The summed E-state index contributed by atoms with van der Waals surface area (Å²) < 4.78 is 1.56. The van der Waals surface area contributed by atoms with Gasteiger partial charge in [0.1, 0.15) is 0 Å². The van der Waals surface area contributed by atoms with Gasteiger partial charge in [0, 0.05) is 5.02 Å². The van der Waals surface area contributed by atoms with Crippen LogP contribution in [0.25, 0.3) is 22.0 Å². The Kier molecular flexibility index (Phi) is 4.49. The lowest BCUT2D eigenvalue weighted by Crippen LogP contribution is -2.21. The third kappa shape index (κ3) is 3.24. The van der Waals surface area contributed by atoms with E-state index in [9.17, 15) is 4.79 Å². The second-order valence-electron chi connectivity index (χ2n) is 6.02. The SMILES string of the molecule is O=c1c2cc(Cl)cc(Cl)c2ncn1Cc1ccc(-c2ccccc2)cc1. The Bertz CT molecular complexity index is 1140. The summed E-state index contributed by atoms with van der Waals surface area (Å²) in [6, 6.07) is 21.5. The zero-order valence-electron chi connectivity index (χ0n) is 13.7. The predicted molar refractivity (Wildman–Crippen MR) is 107 cm³/mol. The molecule has 1 heterocycles. The second kappa shape index (κ2) is 6.94. The number of hydrogen-bond donors (Lipinski definition) is 0. The Morgan fingerprint density at radius 3 is 2.31 bits per heavy atom. The van der Waals surface area contributed by atoms with E-state index in [1.54, 1.807) is 16.7 Å². The molecule has 0 amide bonds. The Hall–Kier alpha value is -2.62. The molecule has 3 aromatic carbocycles. The van der Waals surface area contributed by atoms with Crippen molar-refractivity contribution in [3.8, 4) is 11.1 Å². The predicted octanol–water partition coefficient (Wildman–Crippen LogP) is 5.42. The molecule has 3 nitrogen and oxygen atoms in total. The van der Waals surface area contributed by atoms with Crippen molar-refractivity contribution in [1.29, 1.82) is 0 Å². The van der Waals surface area contributed by atoms with Gasteiger partial charge in [0.05, 0.1) is 28.8 Å². The van der Waals surface area contributed by atoms with Crippen LogP contribution in [0.1, 0.15) is 5.56 Å². The van der Waals surface area contributed by atoms with Crippen LogP contribution in [0.15, 0.2) is 77.9 Å². The standard InChI is InChI=1S/C21H14Cl2N2O/c22-17-10-18-20(19(23)11-17)24-13-25(21(18)26)12-14-6-8-16(9-7-14)15-4-2-1-3-5-15/h1-11,13H,12H2. The average molecular weight is 381 g/mol. The van der Waals surface area contributed by atoms with Gasteiger partial charge in [0.15, 0.2) is 0 Å². The molecule has 0 saturated heterocycles. The first-order valence-electron chi connectivity index (χ1n) is 8.10. The maximum absolute atomic E-state index is 12.7. The lowest BCUT2D eigenvalue weighted by molar-refractivity contribution is 0.748. The summed E-state index contributed by atoms with van der Waals surface area (Å²) in [5.41, 5.74) is 3.62. The van der Waals surface area contributed by atoms with Gasteiger partial charge in [0.2, 0.25) is 0 Å². The molecule has 4 rings (SSSR count). The first kappa shape index (κ1) is 16.8. The van der Waals surface area contributed by atoms with Gasteiger partial charge in [-0.1, -0.05) is 77.8 Å². The molecule has 0 fully saturated rings. The van der Waals surface area contributed by atoms with E-state index < -0.39 is 0 Å². The molecular weight excluding hydrogens is 367 g/mol. The molecular formula is C21H14Cl2N2O. The minimum absolute atomic E-state index is 0.161. The largest absolute Gasteiger partial charge is 0.294 e. The van der Waals surface area contributed by atoms with E-state index in [0.29, 0.717) is 27.5 Å². The van der Waals surface area contributed by atoms with Crippen LogP contribution in [0.3, 0.4) is 0 Å². The molecule has 26 heavy (non-hydrogen) atoms. The molecule has 1 aromatic heterocycles. The van der Waals surface area contributed by atoms with Crippen LogP contribution < -0.4 is 5.56 Å². The number of benzene rings is 3. The molecule has 0 radical (unpaired) electrons. The number of fused-ring (bicyclic) bond motifs is 1. The maximum atomic E-state index is 12.7. The van der Waals surface area contributed by atoms with Gasteiger partial charge >= 0.3 is 0 Å². The van der Waals surface area contributed by atoms with Crippen molar-refractivity contribution in [2.75, 3.05) is 0 Å². The van der Waals surface area contributed by atoms with Gasteiger partial charge in [0.25, 0.3) is 5.56 Å². The van der Waals surface area contributed by atoms with Crippen LogP contribution >= 0.6 is 23.2 Å². The highest BCUT2D eigenvalue weighted by atomic mass is 35.5. The topological polar surface area (TPSA) is 34.9 Å². The van der Waals surface area contributed by atoms with Crippen molar-refractivity contribution < 1.29 is 0 Å². The second-order valence-corrected chi connectivity index (χ2v) is 6.87. The average Bonchev–Trinajstić information content (AvgIpc) is 2.66. The third-order valence-electron chi connectivity index (χ3n) is 4.26. The van der Waals surface area contributed by atoms with E-state index in [4.69, 9.17) is 23.2 Å². The smallest absolute Gasteiger partial charge is 0.261 e. The van der Waals surface area contributed by atoms with E-state index in [0.717, 1.165) is 16.7 Å². The highest BCUT2D eigenvalue weighted by Crippen LogP contribution is 2.24. The minimum atomic E-state index is -0.161. The van der Waals surface area contributed by atoms with Crippen LogP contribution in [0, 0.1) is 0 Å². The summed E-state index contributed by atoms with van der Waals surface area (Å²) in [4.78, 5) is 17.0. The highest BCUT2D eigenvalue weighted by Gasteiger charge is 2.09. The quantitative estimate of drug-likeness (QED) is 0.475. The molecule has 0 aliphatic carbocycles. The van der Waals surface area contributed by atoms with Gasteiger partial charge in [-0.05, 0) is 28.8 Å². The van der Waals surface area contributed by atoms with E-state index in [1.807, 2.05) is 30.3 Å². The highest BCUT2D eigenvalue weighted by molar-refractivity contribution is 6.38. The van der Waals surface area contributed by atoms with Gasteiger partial charge in [-0.25, -0.2) is 4.98 Å². The number of hydrogen-bond acceptors (Lipinski definition) is 2. The zero-order valence-corrected chi connectivity index (χ0v) is 15.2. The Labute approximate surface area is 160 Å². The Morgan fingerprint density at radius 1 is 0.885 bits per heavy atom. The fourth-order valence-electron chi connectivity index (χ4n) is 2.94. The van der Waals surface area contributed by atoms with E-state index in [-0.39, 0.29) is 5.56 Å². The molecule has 0 unspecified atom stereocenters. The lowest BCUT2D eigenvalue weighted by atomic mass is 10.0. The molecule has 0 atom stereocenters. The normalized spacial score (nSPS) is 11.0. The summed E-state index contributed by atoms with van der Waals surface area (Å²) >= 11 is 12.2. The van der Waals surface area contributed by atoms with Crippen LogP contribution in [0.5, 0.6) is 0 Å². The number of rotatable bonds is 3. The van der Waals surface area contributed by atoms with E-state index in [2.05, 4.69) is 29.2 Å². The molecule has 0 spiro atoms. The van der Waals surface area contributed by atoms with E-state index in [1.165, 1.54) is 6.33 Å². The van der Waals surface area contributed by atoms with Crippen LogP contribution in [-0.2, 0) is 6.54 Å². The monoisotopic (exact) mass is 380 g/mol. The van der Waals surface area contributed by atoms with Gasteiger partial charge in [-0.2, -0.15) is 0 Å². The van der Waals surface area contributed by atoms with Crippen molar-refractivity contribution >= 4 is 34.1 Å². The number of nitrogens with zero attached hydrogens (tertiary/aromatic N) is 2. The third-order valence-corrected chi connectivity index (χ3v) is 4.77. The molecule has 0 bridgehead atoms. The molecule has 0 saturated carbocycles. The summed E-state index contributed by atoms with van der Waals surface area (Å²) in [5.74, 6) is 0. The van der Waals surface area contributed by atoms with Crippen LogP contribution in [-0.4, -0.2) is 9.55 Å². The number of halogens is 2. The summed E-state index contributed by atoms with van der Waals surface area (Å²) in [5, 5.41) is 1.22. The summed E-state index contributed by atoms with van der Waals surface area (Å²) in [6.45, 7) is 0.432. The van der Waals surface area contributed by atoms with Crippen LogP contribution in [0.2, 0.25) is 10.0 Å². The summed E-state index contributed by atoms with van der Waals surface area (Å²) in [6.07, 6.45) is 1.52. The minimum Gasteiger partial charge on any atom is -0.294 e. The van der Waals surface area contributed by atoms with Crippen LogP contribution in [0.4, 0.5) is 0 Å². The van der Waals surface area contributed by atoms with E-state index >= 15 is 0 Å². The van der Waals surface area contributed by atoms with Crippen molar-refractivity contribution in [2.24, 2.45) is 0 Å². The first-order valence-corrected chi connectivity index (χ1v) is 8.86. The molecule has 0 aliphatic heterocycles.